The van der Waals surface area contributed by atoms with Gasteiger partial charge in [-0.25, -0.2) is 0 Å². The van der Waals surface area contributed by atoms with Gasteiger partial charge in [-0.1, -0.05) is 121 Å². The second-order valence-electron chi connectivity index (χ2n) is 6.21. The lowest BCUT2D eigenvalue weighted by Crippen LogP contribution is -1.91. The number of fused-ring (bicyclic) bond motifs is 1. The van der Waals surface area contributed by atoms with Gasteiger partial charge in [0.2, 0.25) is 0 Å². The van der Waals surface area contributed by atoms with Gasteiger partial charge in [0.1, 0.15) is 0 Å². The summed E-state index contributed by atoms with van der Waals surface area (Å²) in [6, 6.07) is 13.1. The number of rotatable bonds is 2. The molecule has 0 unspecified atom stereocenters. The summed E-state index contributed by atoms with van der Waals surface area (Å²) in [5.74, 6) is 0. The third-order valence-electron chi connectivity index (χ3n) is 4.54. The summed E-state index contributed by atoms with van der Waals surface area (Å²) < 4.78 is 0. The SMILES string of the molecule is C1=C\C=C/C(c2ccc(C3=C/C=C\C=C/C=C\3)c3ccccc23)=C\C=C/1. The second-order valence-corrected chi connectivity index (χ2v) is 6.21. The Bertz CT molecular complexity index is 974. The molecule has 2 aromatic rings. The molecule has 0 amide bonds. The Labute approximate surface area is 154 Å². The third-order valence-corrected chi connectivity index (χ3v) is 4.54. The maximum atomic E-state index is 2.24. The fraction of sp³-hybridized carbons (Fsp3) is 0. The highest BCUT2D eigenvalue weighted by molar-refractivity contribution is 6.03. The van der Waals surface area contributed by atoms with E-state index >= 15 is 0 Å². The molecule has 0 spiro atoms. The molecule has 0 fully saturated rings. The lowest BCUT2D eigenvalue weighted by atomic mass is 9.91. The Morgan fingerprint density at radius 3 is 1.31 bits per heavy atom. The van der Waals surface area contributed by atoms with Crippen molar-refractivity contribution in [2.75, 3.05) is 0 Å². The van der Waals surface area contributed by atoms with Gasteiger partial charge >= 0.3 is 0 Å². The van der Waals surface area contributed by atoms with E-state index in [1.54, 1.807) is 0 Å². The van der Waals surface area contributed by atoms with Crippen molar-refractivity contribution in [3.05, 3.63) is 133 Å². The van der Waals surface area contributed by atoms with E-state index in [-0.39, 0.29) is 0 Å². The average Bonchev–Trinajstić information content (AvgIpc) is 2.61. The number of hydrogen-bond acceptors (Lipinski definition) is 0. The van der Waals surface area contributed by atoms with Gasteiger partial charge in [0.15, 0.2) is 0 Å². The summed E-state index contributed by atoms with van der Waals surface area (Å²) in [6.07, 6.45) is 29.4. The Balaban J connectivity index is 1.89. The summed E-state index contributed by atoms with van der Waals surface area (Å²) in [7, 11) is 0. The molecule has 0 heteroatoms. The fourth-order valence-electron chi connectivity index (χ4n) is 3.29. The van der Waals surface area contributed by atoms with E-state index < -0.39 is 0 Å². The molecule has 4 rings (SSSR count). The maximum absolute atomic E-state index is 2.24. The van der Waals surface area contributed by atoms with Crippen molar-refractivity contribution in [1.29, 1.82) is 0 Å². The Kier molecular flexibility index (Phi) is 4.75. The van der Waals surface area contributed by atoms with Crippen molar-refractivity contribution < 1.29 is 0 Å². The van der Waals surface area contributed by atoms with Gasteiger partial charge < -0.3 is 0 Å². The van der Waals surface area contributed by atoms with Crippen LogP contribution in [0.25, 0.3) is 21.9 Å². The molecule has 0 N–H and O–H groups in total. The summed E-state index contributed by atoms with van der Waals surface area (Å²) in [4.78, 5) is 0. The first kappa shape index (κ1) is 16.1. The van der Waals surface area contributed by atoms with E-state index in [0.29, 0.717) is 0 Å². The highest BCUT2D eigenvalue weighted by Gasteiger charge is 2.10. The van der Waals surface area contributed by atoms with Crippen molar-refractivity contribution in [2.24, 2.45) is 0 Å². The van der Waals surface area contributed by atoms with Gasteiger partial charge in [-0.15, -0.1) is 0 Å². The molecular formula is C26H20. The van der Waals surface area contributed by atoms with Crippen LogP contribution in [0.2, 0.25) is 0 Å². The van der Waals surface area contributed by atoms with E-state index in [4.69, 9.17) is 0 Å². The van der Waals surface area contributed by atoms with E-state index in [2.05, 4.69) is 109 Å². The van der Waals surface area contributed by atoms with Gasteiger partial charge in [0, 0.05) is 0 Å². The third kappa shape index (κ3) is 3.36. The monoisotopic (exact) mass is 332 g/mol. The van der Waals surface area contributed by atoms with Crippen LogP contribution >= 0.6 is 0 Å². The lowest BCUT2D eigenvalue weighted by molar-refractivity contribution is 1.62. The lowest BCUT2D eigenvalue weighted by Gasteiger charge is -2.13. The Morgan fingerprint density at radius 2 is 0.808 bits per heavy atom. The summed E-state index contributed by atoms with van der Waals surface area (Å²) in [5.41, 5.74) is 4.95. The van der Waals surface area contributed by atoms with Crippen molar-refractivity contribution in [1.82, 2.24) is 0 Å². The predicted octanol–water partition coefficient (Wildman–Crippen LogP) is 6.97. The first-order valence-electron chi connectivity index (χ1n) is 8.89. The normalized spacial score (nSPS) is 27.4. The number of allylic oxidation sites excluding steroid dienone is 16. The van der Waals surface area contributed by atoms with Crippen molar-refractivity contribution in [3.63, 3.8) is 0 Å². The molecule has 2 aromatic carbocycles. The minimum absolute atomic E-state index is 1.22. The highest BCUT2D eigenvalue weighted by Crippen LogP contribution is 2.33. The van der Waals surface area contributed by atoms with Crippen molar-refractivity contribution in [3.8, 4) is 0 Å². The molecule has 0 nitrogen and oxygen atoms in total. The number of hydrogen-bond donors (Lipinski definition) is 0. The quantitative estimate of drug-likeness (QED) is 0.557. The van der Waals surface area contributed by atoms with Crippen LogP contribution in [0.15, 0.2) is 121 Å². The van der Waals surface area contributed by atoms with Crippen LogP contribution in [-0.2, 0) is 0 Å². The van der Waals surface area contributed by atoms with Gasteiger partial charge in [-0.3, -0.25) is 0 Å². The molecule has 0 atom stereocenters. The average molecular weight is 332 g/mol. The first-order valence-corrected chi connectivity index (χ1v) is 8.89. The smallest absolute Gasteiger partial charge is 0.00992 e. The zero-order valence-electron chi connectivity index (χ0n) is 14.5. The van der Waals surface area contributed by atoms with E-state index in [1.165, 1.54) is 33.0 Å². The minimum atomic E-state index is 1.22. The molecule has 26 heavy (non-hydrogen) atoms. The molecule has 0 heterocycles. The molecule has 2 aliphatic carbocycles. The van der Waals surface area contributed by atoms with Crippen LogP contribution < -0.4 is 0 Å². The van der Waals surface area contributed by atoms with Crippen molar-refractivity contribution >= 4 is 21.9 Å². The Hall–Kier alpha value is -3.38. The molecule has 0 saturated carbocycles. The molecule has 0 bridgehead atoms. The zero-order chi connectivity index (χ0) is 17.6. The van der Waals surface area contributed by atoms with Crippen LogP contribution in [0, 0.1) is 0 Å². The minimum Gasteiger partial charge on any atom is -0.0623 e. The standard InChI is InChI=1S/C26H20/c1-3-7-13-21(14-8-4-1)23-19-20-24(26-18-12-11-17-25(23)26)22-15-9-5-2-6-10-16-22/h1-20H/b3-1-,4-1?,5-2-,6-2?,7-3?,8-4-,9-5?,10-6-,13-7-,14-8?,15-9-,16-10?,21-13?,21-14+,22-15?,22-16+. The first-order chi connectivity index (χ1) is 12.9. The van der Waals surface area contributed by atoms with Gasteiger partial charge in [0.05, 0.1) is 0 Å². The maximum Gasteiger partial charge on any atom is -0.00992 e. The number of benzene rings is 2. The predicted molar refractivity (Wildman–Crippen MR) is 115 cm³/mol. The van der Waals surface area contributed by atoms with Crippen LogP contribution in [0.3, 0.4) is 0 Å². The van der Waals surface area contributed by atoms with Gasteiger partial charge in [0.25, 0.3) is 0 Å². The molecule has 0 radical (unpaired) electrons. The largest absolute Gasteiger partial charge is 0.0623 e. The fourth-order valence-corrected chi connectivity index (χ4v) is 3.29. The molecule has 0 aliphatic heterocycles. The van der Waals surface area contributed by atoms with Crippen LogP contribution in [0.5, 0.6) is 0 Å². The molecular weight excluding hydrogens is 312 g/mol. The summed E-state index contributed by atoms with van der Waals surface area (Å²) in [6.45, 7) is 0. The summed E-state index contributed by atoms with van der Waals surface area (Å²) in [5, 5.41) is 2.55. The van der Waals surface area contributed by atoms with E-state index in [9.17, 15) is 0 Å². The van der Waals surface area contributed by atoms with E-state index in [0.717, 1.165) is 0 Å². The molecule has 124 valence electrons. The summed E-state index contributed by atoms with van der Waals surface area (Å²) >= 11 is 0. The molecule has 0 aromatic heterocycles. The second kappa shape index (κ2) is 7.67. The topological polar surface area (TPSA) is 0 Å². The van der Waals surface area contributed by atoms with Gasteiger partial charge in [-0.05, 0) is 33.0 Å². The van der Waals surface area contributed by atoms with Crippen LogP contribution in [-0.4, -0.2) is 0 Å². The van der Waals surface area contributed by atoms with Crippen molar-refractivity contribution in [2.45, 2.75) is 0 Å². The van der Waals surface area contributed by atoms with Crippen LogP contribution in [0.1, 0.15) is 11.1 Å². The molecule has 0 saturated heterocycles. The Morgan fingerprint density at radius 1 is 0.385 bits per heavy atom. The zero-order valence-corrected chi connectivity index (χ0v) is 14.5. The van der Waals surface area contributed by atoms with E-state index in [1.807, 2.05) is 12.2 Å². The van der Waals surface area contributed by atoms with Crippen LogP contribution in [0.4, 0.5) is 0 Å². The molecule has 2 aliphatic rings. The van der Waals surface area contributed by atoms with Gasteiger partial charge in [-0.2, -0.15) is 0 Å². The highest BCUT2D eigenvalue weighted by atomic mass is 14.1.